The van der Waals surface area contributed by atoms with Gasteiger partial charge in [0.2, 0.25) is 0 Å². The molecule has 0 radical (unpaired) electrons. The first-order valence-electron chi connectivity index (χ1n) is 8.39. The zero-order valence-electron chi connectivity index (χ0n) is 14.1. The smallest absolute Gasteiger partial charge is 0.170 e. The number of rotatable bonds is 5. The van der Waals surface area contributed by atoms with E-state index in [1.54, 1.807) is 0 Å². The van der Waals surface area contributed by atoms with E-state index in [0.717, 1.165) is 31.5 Å². The van der Waals surface area contributed by atoms with Crippen LogP contribution in [0.1, 0.15) is 18.9 Å². The molecule has 0 amide bonds. The molecule has 2 aromatic rings. The Morgan fingerprint density at radius 3 is 2.80 bits per heavy atom. The van der Waals surface area contributed by atoms with Gasteiger partial charge >= 0.3 is 0 Å². The fraction of sp³-hybridized carbons (Fsp3) is 0.316. The van der Waals surface area contributed by atoms with E-state index in [1.165, 1.54) is 17.3 Å². The minimum absolute atomic E-state index is 0.404. The van der Waals surface area contributed by atoms with E-state index in [1.807, 2.05) is 0 Å². The molecule has 0 spiro atoms. The molecular weight excluding hydrogens is 340 g/mol. The summed E-state index contributed by atoms with van der Waals surface area (Å²) in [4.78, 5) is 2.42. The molecular formula is C19H21F2N3S. The summed E-state index contributed by atoms with van der Waals surface area (Å²) in [6.45, 7) is 3.89. The van der Waals surface area contributed by atoms with Crippen molar-refractivity contribution in [2.75, 3.05) is 23.3 Å². The highest BCUT2D eigenvalue weighted by Gasteiger charge is 2.24. The summed E-state index contributed by atoms with van der Waals surface area (Å²) in [5.41, 5.74) is 3.15. The zero-order valence-corrected chi connectivity index (χ0v) is 14.9. The lowest BCUT2D eigenvalue weighted by Crippen LogP contribution is -2.34. The molecule has 25 heavy (non-hydrogen) atoms. The summed E-state index contributed by atoms with van der Waals surface area (Å²) < 4.78 is 26.1. The number of nitrogens with one attached hydrogen (secondary N) is 2. The first kappa shape index (κ1) is 17.6. The second-order valence-electron chi connectivity index (χ2n) is 6.24. The third-order valence-electron chi connectivity index (χ3n) is 4.39. The van der Waals surface area contributed by atoms with Crippen molar-refractivity contribution < 1.29 is 8.78 Å². The molecule has 1 unspecified atom stereocenters. The molecule has 0 fully saturated rings. The highest BCUT2D eigenvalue weighted by molar-refractivity contribution is 7.80. The largest absolute Gasteiger partial charge is 0.368 e. The Bertz CT molecular complexity index is 766. The van der Waals surface area contributed by atoms with Crippen LogP contribution in [0.2, 0.25) is 0 Å². The average molecular weight is 361 g/mol. The first-order valence-corrected chi connectivity index (χ1v) is 8.80. The molecule has 2 aromatic carbocycles. The Morgan fingerprint density at radius 1 is 1.20 bits per heavy atom. The van der Waals surface area contributed by atoms with E-state index in [2.05, 4.69) is 46.7 Å². The molecule has 1 aliphatic heterocycles. The zero-order chi connectivity index (χ0) is 17.8. The molecule has 1 heterocycles. The molecule has 3 rings (SSSR count). The van der Waals surface area contributed by atoms with Gasteiger partial charge in [0.1, 0.15) is 0 Å². The van der Waals surface area contributed by atoms with Crippen LogP contribution in [0.4, 0.5) is 20.2 Å². The van der Waals surface area contributed by atoms with Gasteiger partial charge < -0.3 is 15.5 Å². The highest BCUT2D eigenvalue weighted by atomic mass is 32.1. The van der Waals surface area contributed by atoms with Gasteiger partial charge in [0.05, 0.1) is 0 Å². The average Bonchev–Trinajstić information content (AvgIpc) is 2.90. The Labute approximate surface area is 152 Å². The van der Waals surface area contributed by atoms with Gasteiger partial charge in [-0.1, -0.05) is 18.2 Å². The van der Waals surface area contributed by atoms with E-state index >= 15 is 0 Å². The van der Waals surface area contributed by atoms with Gasteiger partial charge in [-0.25, -0.2) is 8.78 Å². The van der Waals surface area contributed by atoms with Gasteiger partial charge in [-0.05, 0) is 55.7 Å². The number of nitrogens with zero attached hydrogens (tertiary/aromatic N) is 1. The Kier molecular flexibility index (Phi) is 5.48. The standard InChI is InChI=1S/C19H21F2N3S/c1-13-11-14-5-2-3-6-18(14)24(13)10-4-9-22-19(25)23-15-7-8-16(20)17(21)12-15/h2-3,5-8,12-13H,4,9-11H2,1H3,(H2,22,23,25). The number of hydrogen-bond donors (Lipinski definition) is 2. The number of hydrogen-bond acceptors (Lipinski definition) is 2. The molecule has 0 saturated carbocycles. The van der Waals surface area contributed by atoms with Crippen molar-refractivity contribution in [3.05, 3.63) is 59.7 Å². The van der Waals surface area contributed by atoms with Crippen molar-refractivity contribution in [3.8, 4) is 0 Å². The van der Waals surface area contributed by atoms with Crippen LogP contribution in [-0.4, -0.2) is 24.2 Å². The monoisotopic (exact) mass is 361 g/mol. The molecule has 1 atom stereocenters. The Hall–Kier alpha value is -2.21. The lowest BCUT2D eigenvalue weighted by molar-refractivity contribution is 0.509. The number of anilines is 2. The minimum Gasteiger partial charge on any atom is -0.368 e. The molecule has 0 aromatic heterocycles. The van der Waals surface area contributed by atoms with Crippen LogP contribution in [0.25, 0.3) is 0 Å². The van der Waals surface area contributed by atoms with Crippen molar-refractivity contribution in [1.82, 2.24) is 5.32 Å². The van der Waals surface area contributed by atoms with E-state index in [9.17, 15) is 8.78 Å². The van der Waals surface area contributed by atoms with E-state index in [0.29, 0.717) is 23.4 Å². The van der Waals surface area contributed by atoms with Crippen LogP contribution in [0.5, 0.6) is 0 Å². The number of fused-ring (bicyclic) bond motifs is 1. The lowest BCUT2D eigenvalue weighted by atomic mass is 10.1. The predicted molar refractivity (Wildman–Crippen MR) is 102 cm³/mol. The van der Waals surface area contributed by atoms with Gasteiger partial charge in [-0.2, -0.15) is 0 Å². The molecule has 0 saturated heterocycles. The van der Waals surface area contributed by atoms with E-state index < -0.39 is 11.6 Å². The third-order valence-corrected chi connectivity index (χ3v) is 4.63. The van der Waals surface area contributed by atoms with Crippen LogP contribution < -0.4 is 15.5 Å². The fourth-order valence-corrected chi connectivity index (χ4v) is 3.39. The van der Waals surface area contributed by atoms with Crippen LogP contribution in [0, 0.1) is 11.6 Å². The Morgan fingerprint density at radius 2 is 2.00 bits per heavy atom. The maximum atomic E-state index is 13.2. The maximum Gasteiger partial charge on any atom is 0.170 e. The molecule has 0 bridgehead atoms. The van der Waals surface area contributed by atoms with Gasteiger partial charge in [-0.15, -0.1) is 0 Å². The van der Waals surface area contributed by atoms with E-state index in [4.69, 9.17) is 12.2 Å². The highest BCUT2D eigenvalue weighted by Crippen LogP contribution is 2.31. The normalized spacial score (nSPS) is 15.8. The quantitative estimate of drug-likeness (QED) is 0.620. The molecule has 0 aliphatic carbocycles. The molecule has 3 nitrogen and oxygen atoms in total. The van der Waals surface area contributed by atoms with Crippen molar-refractivity contribution in [3.63, 3.8) is 0 Å². The predicted octanol–water partition coefficient (Wildman–Crippen LogP) is 4.09. The lowest BCUT2D eigenvalue weighted by Gasteiger charge is -2.25. The Balaban J connectivity index is 1.44. The maximum absolute atomic E-state index is 13.2. The summed E-state index contributed by atoms with van der Waals surface area (Å²) in [6.07, 6.45) is 2.01. The SMILES string of the molecule is CC1Cc2ccccc2N1CCCNC(=S)Nc1ccc(F)c(F)c1. The summed E-state index contributed by atoms with van der Waals surface area (Å²) in [7, 11) is 0. The number of para-hydroxylation sites is 1. The van der Waals surface area contributed by atoms with Gasteiger partial charge in [0, 0.05) is 36.6 Å². The summed E-state index contributed by atoms with van der Waals surface area (Å²) in [5.74, 6) is -1.76. The molecule has 2 N–H and O–H groups in total. The first-order chi connectivity index (χ1) is 12.0. The number of thiocarbonyl (C=S) groups is 1. The third kappa shape index (κ3) is 4.25. The number of benzene rings is 2. The molecule has 1 aliphatic rings. The van der Waals surface area contributed by atoms with Gasteiger partial charge in [0.15, 0.2) is 16.7 Å². The second kappa shape index (κ2) is 7.78. The van der Waals surface area contributed by atoms with Crippen LogP contribution in [-0.2, 0) is 6.42 Å². The van der Waals surface area contributed by atoms with E-state index in [-0.39, 0.29) is 0 Å². The van der Waals surface area contributed by atoms with Crippen LogP contribution >= 0.6 is 12.2 Å². The molecule has 6 heteroatoms. The number of halogens is 2. The summed E-state index contributed by atoms with van der Waals surface area (Å²) in [5, 5.41) is 6.37. The second-order valence-corrected chi connectivity index (χ2v) is 6.65. The topological polar surface area (TPSA) is 27.3 Å². The van der Waals surface area contributed by atoms with Gasteiger partial charge in [-0.3, -0.25) is 0 Å². The minimum atomic E-state index is -0.894. The molecule has 132 valence electrons. The fourth-order valence-electron chi connectivity index (χ4n) is 3.17. The summed E-state index contributed by atoms with van der Waals surface area (Å²) >= 11 is 5.19. The summed E-state index contributed by atoms with van der Waals surface area (Å²) in [6, 6.07) is 12.6. The van der Waals surface area contributed by atoms with Crippen molar-refractivity contribution in [1.29, 1.82) is 0 Å². The van der Waals surface area contributed by atoms with Crippen LogP contribution in [0.15, 0.2) is 42.5 Å². The van der Waals surface area contributed by atoms with Crippen LogP contribution in [0.3, 0.4) is 0 Å². The van der Waals surface area contributed by atoms with Gasteiger partial charge in [0.25, 0.3) is 0 Å². The van der Waals surface area contributed by atoms with Crippen molar-refractivity contribution >= 4 is 28.7 Å². The van der Waals surface area contributed by atoms with Crippen molar-refractivity contribution in [2.45, 2.75) is 25.8 Å². The van der Waals surface area contributed by atoms with Crippen molar-refractivity contribution in [2.24, 2.45) is 0 Å².